The van der Waals surface area contributed by atoms with E-state index in [2.05, 4.69) is 15.3 Å². The Balaban J connectivity index is 1.90. The first-order valence-corrected chi connectivity index (χ1v) is 6.77. The Morgan fingerprint density at radius 2 is 2.45 bits per heavy atom. The molecule has 0 saturated carbocycles. The van der Waals surface area contributed by atoms with Gasteiger partial charge in [-0.25, -0.2) is 0 Å². The summed E-state index contributed by atoms with van der Waals surface area (Å²) in [5.41, 5.74) is 0.784. The zero-order valence-electron chi connectivity index (χ0n) is 10.7. The molecule has 3 rings (SSSR count). The predicted molar refractivity (Wildman–Crippen MR) is 76.4 cm³/mol. The summed E-state index contributed by atoms with van der Waals surface area (Å²) in [4.78, 5) is 0. The van der Waals surface area contributed by atoms with E-state index < -0.39 is 0 Å². The van der Waals surface area contributed by atoms with Crippen LogP contribution in [0.2, 0.25) is 0 Å². The van der Waals surface area contributed by atoms with E-state index in [0.29, 0.717) is 10.6 Å². The van der Waals surface area contributed by atoms with E-state index in [1.807, 2.05) is 6.07 Å². The van der Waals surface area contributed by atoms with E-state index in [0.717, 1.165) is 25.0 Å². The van der Waals surface area contributed by atoms with Crippen LogP contribution in [0.5, 0.6) is 5.75 Å². The molecule has 104 valence electrons. The molecule has 0 radical (unpaired) electrons. The lowest BCUT2D eigenvalue weighted by Gasteiger charge is -2.07. The van der Waals surface area contributed by atoms with Gasteiger partial charge in [0.1, 0.15) is 11.9 Å². The minimum atomic E-state index is -0.0655. The summed E-state index contributed by atoms with van der Waals surface area (Å²) < 4.78 is 7.59. The lowest BCUT2D eigenvalue weighted by Crippen LogP contribution is -2.05. The van der Waals surface area contributed by atoms with Gasteiger partial charge in [-0.3, -0.25) is 5.10 Å². The smallest absolute Gasteiger partial charge is 0.216 e. The van der Waals surface area contributed by atoms with Crippen LogP contribution in [0.25, 0.3) is 0 Å². The Bertz CT molecular complexity index is 686. The van der Waals surface area contributed by atoms with E-state index in [1.54, 1.807) is 29.1 Å². The van der Waals surface area contributed by atoms with E-state index in [1.165, 1.54) is 0 Å². The van der Waals surface area contributed by atoms with Gasteiger partial charge in [0.15, 0.2) is 5.82 Å². The van der Waals surface area contributed by atoms with E-state index in [4.69, 9.17) is 17.0 Å². The number of rotatable bonds is 3. The second kappa shape index (κ2) is 5.56. The van der Waals surface area contributed by atoms with E-state index in [-0.39, 0.29) is 11.9 Å². The van der Waals surface area contributed by atoms with Gasteiger partial charge in [0.2, 0.25) is 4.77 Å². The van der Waals surface area contributed by atoms with Crippen molar-refractivity contribution >= 4 is 18.4 Å². The van der Waals surface area contributed by atoms with Crippen LogP contribution in [0.1, 0.15) is 30.3 Å². The minimum absolute atomic E-state index is 0.0655. The molecule has 0 aliphatic carbocycles. The number of hydrogen-bond acceptors (Lipinski definition) is 5. The number of H-pyrrole nitrogens is 1. The fraction of sp³-hybridized carbons (Fsp3) is 0.308. The molecule has 0 unspecified atom stereocenters. The Kier molecular flexibility index (Phi) is 3.62. The largest absolute Gasteiger partial charge is 0.508 e. The highest BCUT2D eigenvalue weighted by Crippen LogP contribution is 2.26. The van der Waals surface area contributed by atoms with Crippen molar-refractivity contribution in [2.75, 3.05) is 6.61 Å². The number of aromatic nitrogens is 3. The normalized spacial score (nSPS) is 18.9. The van der Waals surface area contributed by atoms with E-state index >= 15 is 0 Å². The molecule has 1 aliphatic heterocycles. The fourth-order valence-electron chi connectivity index (χ4n) is 2.13. The molecule has 1 saturated heterocycles. The third-order valence-corrected chi connectivity index (χ3v) is 3.35. The van der Waals surface area contributed by atoms with Crippen LogP contribution < -0.4 is 0 Å². The molecule has 1 atom stereocenters. The number of nitrogens with zero attached hydrogens (tertiary/aromatic N) is 3. The van der Waals surface area contributed by atoms with E-state index in [9.17, 15) is 5.11 Å². The van der Waals surface area contributed by atoms with Crippen LogP contribution in [0.4, 0.5) is 0 Å². The van der Waals surface area contributed by atoms with Crippen LogP contribution >= 0.6 is 12.2 Å². The van der Waals surface area contributed by atoms with Gasteiger partial charge in [-0.1, -0.05) is 12.1 Å². The topological polar surface area (TPSA) is 75.4 Å². The second-order valence-corrected chi connectivity index (χ2v) is 4.93. The maximum atomic E-state index is 9.42. The SMILES string of the molecule is Oc1cccc(/C=N\n2c([C@@H]3CCCO3)n[nH]c2=S)c1. The number of ether oxygens (including phenoxy) is 1. The minimum Gasteiger partial charge on any atom is -0.508 e. The number of hydrogen-bond donors (Lipinski definition) is 2. The molecule has 0 spiro atoms. The first kappa shape index (κ1) is 13.0. The molecule has 2 heterocycles. The zero-order chi connectivity index (χ0) is 13.9. The van der Waals surface area contributed by atoms with Gasteiger partial charge >= 0.3 is 0 Å². The van der Waals surface area contributed by atoms with Crippen LogP contribution in [-0.2, 0) is 4.74 Å². The van der Waals surface area contributed by atoms with Crippen molar-refractivity contribution < 1.29 is 9.84 Å². The molecule has 1 fully saturated rings. The molecule has 1 aromatic heterocycles. The monoisotopic (exact) mass is 290 g/mol. The van der Waals surface area contributed by atoms with Crippen molar-refractivity contribution in [3.8, 4) is 5.75 Å². The quantitative estimate of drug-likeness (QED) is 0.672. The fourth-order valence-corrected chi connectivity index (χ4v) is 2.32. The Labute approximate surface area is 120 Å². The van der Waals surface area contributed by atoms with Crippen molar-refractivity contribution in [3.63, 3.8) is 0 Å². The number of aromatic hydroxyl groups is 1. The molecule has 20 heavy (non-hydrogen) atoms. The third kappa shape index (κ3) is 2.63. The second-order valence-electron chi connectivity index (χ2n) is 4.54. The van der Waals surface area contributed by atoms with Crippen LogP contribution in [0.3, 0.4) is 0 Å². The lowest BCUT2D eigenvalue weighted by molar-refractivity contribution is 0.102. The summed E-state index contributed by atoms with van der Waals surface area (Å²) in [6, 6.07) is 6.84. The highest BCUT2D eigenvalue weighted by Gasteiger charge is 2.23. The summed E-state index contributed by atoms with van der Waals surface area (Å²) in [5.74, 6) is 0.882. The molecule has 6 nitrogen and oxygen atoms in total. The molecule has 0 bridgehead atoms. The van der Waals surface area contributed by atoms with Gasteiger partial charge in [-0.2, -0.15) is 14.9 Å². The Morgan fingerprint density at radius 3 is 3.20 bits per heavy atom. The summed E-state index contributed by atoms with van der Waals surface area (Å²) >= 11 is 5.18. The van der Waals surface area contributed by atoms with Crippen molar-refractivity contribution in [1.82, 2.24) is 14.9 Å². The van der Waals surface area contributed by atoms with Crippen molar-refractivity contribution in [1.29, 1.82) is 0 Å². The molecule has 7 heteroatoms. The molecule has 2 N–H and O–H groups in total. The number of nitrogens with one attached hydrogen (secondary N) is 1. The van der Waals surface area contributed by atoms with Crippen molar-refractivity contribution in [2.24, 2.45) is 5.10 Å². The van der Waals surface area contributed by atoms with Gasteiger partial charge in [0.25, 0.3) is 0 Å². The molecular formula is C13H14N4O2S. The van der Waals surface area contributed by atoms with Crippen molar-refractivity contribution in [2.45, 2.75) is 18.9 Å². The average molecular weight is 290 g/mol. The lowest BCUT2D eigenvalue weighted by atomic mass is 10.2. The maximum absolute atomic E-state index is 9.42. The van der Waals surface area contributed by atoms with Crippen LogP contribution in [-0.4, -0.2) is 32.8 Å². The Morgan fingerprint density at radius 1 is 1.55 bits per heavy atom. The summed E-state index contributed by atoms with van der Waals surface area (Å²) in [7, 11) is 0. The number of phenolic OH excluding ortho intramolecular Hbond substituents is 1. The van der Waals surface area contributed by atoms with Crippen LogP contribution in [0.15, 0.2) is 29.4 Å². The van der Waals surface area contributed by atoms with Gasteiger partial charge in [-0.05, 0) is 42.8 Å². The third-order valence-electron chi connectivity index (χ3n) is 3.09. The highest BCUT2D eigenvalue weighted by atomic mass is 32.1. The predicted octanol–water partition coefficient (Wildman–Crippen LogP) is 2.38. The van der Waals surface area contributed by atoms with Gasteiger partial charge in [-0.15, -0.1) is 0 Å². The van der Waals surface area contributed by atoms with Gasteiger partial charge in [0.05, 0.1) is 6.21 Å². The molecule has 2 aromatic rings. The number of phenols is 1. The first-order chi connectivity index (χ1) is 9.74. The summed E-state index contributed by atoms with van der Waals surface area (Å²) in [6.45, 7) is 0.737. The number of aromatic amines is 1. The number of benzene rings is 1. The molecule has 0 amide bonds. The zero-order valence-corrected chi connectivity index (χ0v) is 11.5. The standard InChI is InChI=1S/C13H14N4O2S/c18-10-4-1-3-9(7-10)8-14-17-12(15-16-13(17)20)11-5-2-6-19-11/h1,3-4,7-8,11,18H,2,5-6H2,(H,16,20)/b14-8-/t11-/m0/s1. The molecule has 1 aliphatic rings. The molecule has 1 aromatic carbocycles. The van der Waals surface area contributed by atoms with Crippen LogP contribution in [0, 0.1) is 4.77 Å². The van der Waals surface area contributed by atoms with Crippen molar-refractivity contribution in [3.05, 3.63) is 40.4 Å². The van der Waals surface area contributed by atoms with Gasteiger partial charge in [0, 0.05) is 6.61 Å². The average Bonchev–Trinajstić information content (AvgIpc) is 3.06. The Hall–Kier alpha value is -1.99. The van der Waals surface area contributed by atoms with Gasteiger partial charge < -0.3 is 9.84 Å². The molecular weight excluding hydrogens is 276 g/mol. The highest BCUT2D eigenvalue weighted by molar-refractivity contribution is 7.71. The maximum Gasteiger partial charge on any atom is 0.216 e. The summed E-state index contributed by atoms with van der Waals surface area (Å²) in [5, 5.41) is 20.7. The summed E-state index contributed by atoms with van der Waals surface area (Å²) in [6.07, 6.45) is 3.50. The first-order valence-electron chi connectivity index (χ1n) is 6.36.